The van der Waals surface area contributed by atoms with Crippen LogP contribution in [-0.2, 0) is 16.6 Å². The van der Waals surface area contributed by atoms with Crippen molar-refractivity contribution in [2.24, 2.45) is 0 Å². The molecule has 0 aliphatic carbocycles. The van der Waals surface area contributed by atoms with Gasteiger partial charge in [-0.25, -0.2) is 13.4 Å². The van der Waals surface area contributed by atoms with Crippen LogP contribution in [0.5, 0.6) is 11.5 Å². The number of ether oxygens (including phenoxy) is 2. The van der Waals surface area contributed by atoms with E-state index in [2.05, 4.69) is 10.1 Å². The molecule has 0 aromatic heterocycles. The van der Waals surface area contributed by atoms with Crippen LogP contribution in [0, 0.1) is 0 Å². The van der Waals surface area contributed by atoms with E-state index in [1.165, 1.54) is 25.3 Å². The summed E-state index contributed by atoms with van der Waals surface area (Å²) in [4.78, 5) is 2.50. The minimum absolute atomic E-state index is 0.120. The molecule has 8 heteroatoms. The molecule has 1 aromatic rings. The van der Waals surface area contributed by atoms with Crippen LogP contribution in [0.3, 0.4) is 0 Å². The number of benzene rings is 1. The van der Waals surface area contributed by atoms with Crippen molar-refractivity contribution < 1.29 is 17.9 Å². The first-order chi connectivity index (χ1) is 9.35. The predicted molar refractivity (Wildman–Crippen MR) is 76.3 cm³/mol. The molecule has 0 fully saturated rings. The highest BCUT2D eigenvalue weighted by atomic mass is 32.2. The van der Waals surface area contributed by atoms with Gasteiger partial charge in [0.05, 0.1) is 19.1 Å². The van der Waals surface area contributed by atoms with Crippen molar-refractivity contribution in [2.45, 2.75) is 11.4 Å². The molecule has 0 radical (unpaired) electrons. The molecule has 0 aliphatic rings. The molecule has 0 unspecified atom stereocenters. The van der Waals surface area contributed by atoms with E-state index in [1.807, 2.05) is 0 Å². The Morgan fingerprint density at radius 3 is 2.30 bits per heavy atom. The Labute approximate surface area is 119 Å². The molecule has 20 heavy (non-hydrogen) atoms. The third-order valence-electron chi connectivity index (χ3n) is 2.51. The molecule has 0 aliphatic heterocycles. The smallest absolute Gasteiger partial charge is 0.253 e. The average Bonchev–Trinajstić information content (AvgIpc) is 2.36. The largest absolute Gasteiger partial charge is 0.493 e. The number of hydrazine groups is 1. The standard InChI is InChI=1S/C12H21N3O4S/c1-13-8-9-6-10(20(16,17)14-15(2)3)7-11(18-4)12(9)19-5/h6-7,13-14H,8H2,1-5H3. The molecule has 0 heterocycles. The van der Waals surface area contributed by atoms with E-state index in [-0.39, 0.29) is 4.90 Å². The number of rotatable bonds is 7. The zero-order valence-corrected chi connectivity index (χ0v) is 13.2. The first kappa shape index (κ1) is 16.7. The zero-order chi connectivity index (χ0) is 15.3. The molecule has 2 N–H and O–H groups in total. The fraction of sp³-hybridized carbons (Fsp3) is 0.500. The summed E-state index contributed by atoms with van der Waals surface area (Å²) in [7, 11) is 4.32. The van der Waals surface area contributed by atoms with Gasteiger partial charge in [0.1, 0.15) is 0 Å². The van der Waals surface area contributed by atoms with Crippen LogP contribution in [0.1, 0.15) is 5.56 Å². The molecular formula is C12H21N3O4S. The van der Waals surface area contributed by atoms with Gasteiger partial charge in [-0.1, -0.05) is 0 Å². The van der Waals surface area contributed by atoms with Crippen LogP contribution in [0.4, 0.5) is 0 Å². The van der Waals surface area contributed by atoms with Gasteiger partial charge < -0.3 is 14.8 Å². The maximum absolute atomic E-state index is 12.2. The van der Waals surface area contributed by atoms with E-state index < -0.39 is 10.0 Å². The quantitative estimate of drug-likeness (QED) is 0.700. The fourth-order valence-electron chi connectivity index (χ4n) is 1.79. The average molecular weight is 303 g/mol. The summed E-state index contributed by atoms with van der Waals surface area (Å²) in [6.45, 7) is 0.463. The Bertz CT molecular complexity index is 558. The van der Waals surface area contributed by atoms with E-state index in [4.69, 9.17) is 9.47 Å². The van der Waals surface area contributed by atoms with Crippen LogP contribution in [0.15, 0.2) is 17.0 Å². The number of nitrogens with one attached hydrogen (secondary N) is 2. The highest BCUT2D eigenvalue weighted by Gasteiger charge is 2.20. The van der Waals surface area contributed by atoms with Gasteiger partial charge in [0.25, 0.3) is 10.0 Å². The van der Waals surface area contributed by atoms with Gasteiger partial charge in [-0.2, -0.15) is 0 Å². The number of nitrogens with zero attached hydrogens (tertiary/aromatic N) is 1. The second kappa shape index (κ2) is 6.89. The van der Waals surface area contributed by atoms with E-state index >= 15 is 0 Å². The van der Waals surface area contributed by atoms with E-state index in [9.17, 15) is 8.42 Å². The highest BCUT2D eigenvalue weighted by molar-refractivity contribution is 7.89. The van der Waals surface area contributed by atoms with Gasteiger partial charge in [-0.3, -0.25) is 0 Å². The Hall–Kier alpha value is -1.35. The van der Waals surface area contributed by atoms with Gasteiger partial charge in [0.15, 0.2) is 11.5 Å². The van der Waals surface area contributed by atoms with Crippen molar-refractivity contribution in [1.82, 2.24) is 15.2 Å². The van der Waals surface area contributed by atoms with Crippen LogP contribution >= 0.6 is 0 Å². The molecule has 1 aromatic carbocycles. The lowest BCUT2D eigenvalue weighted by molar-refractivity contribution is 0.348. The first-order valence-electron chi connectivity index (χ1n) is 5.95. The van der Waals surface area contributed by atoms with E-state index in [0.29, 0.717) is 23.6 Å². The Morgan fingerprint density at radius 2 is 1.85 bits per heavy atom. The van der Waals surface area contributed by atoms with E-state index in [0.717, 1.165) is 0 Å². The van der Waals surface area contributed by atoms with Crippen molar-refractivity contribution in [2.75, 3.05) is 35.4 Å². The van der Waals surface area contributed by atoms with Crippen LogP contribution in [0.2, 0.25) is 0 Å². The summed E-state index contributed by atoms with van der Waals surface area (Å²) in [5, 5.41) is 4.33. The highest BCUT2D eigenvalue weighted by Crippen LogP contribution is 2.34. The van der Waals surface area contributed by atoms with Gasteiger partial charge in [0, 0.05) is 32.3 Å². The second-order valence-corrected chi connectivity index (χ2v) is 6.00. The van der Waals surface area contributed by atoms with Crippen molar-refractivity contribution in [3.8, 4) is 11.5 Å². The monoisotopic (exact) mass is 303 g/mol. The summed E-state index contributed by atoms with van der Waals surface area (Å²) >= 11 is 0. The summed E-state index contributed by atoms with van der Waals surface area (Å²) in [6.07, 6.45) is 0. The maximum atomic E-state index is 12.2. The van der Waals surface area contributed by atoms with Gasteiger partial charge in [-0.15, -0.1) is 4.83 Å². The van der Waals surface area contributed by atoms with Crippen molar-refractivity contribution >= 4 is 10.0 Å². The predicted octanol–water partition coefficient (Wildman–Crippen LogP) is 0.178. The van der Waals surface area contributed by atoms with Gasteiger partial charge >= 0.3 is 0 Å². The minimum atomic E-state index is -3.65. The third kappa shape index (κ3) is 3.83. The van der Waals surface area contributed by atoms with Crippen molar-refractivity contribution in [1.29, 1.82) is 0 Å². The minimum Gasteiger partial charge on any atom is -0.493 e. The Balaban J connectivity index is 3.39. The third-order valence-corrected chi connectivity index (χ3v) is 3.97. The molecule has 0 saturated carbocycles. The van der Waals surface area contributed by atoms with Crippen molar-refractivity contribution in [3.05, 3.63) is 17.7 Å². The van der Waals surface area contributed by atoms with Gasteiger partial charge in [0.2, 0.25) is 0 Å². The molecule has 0 saturated heterocycles. The SMILES string of the molecule is CNCc1cc(S(=O)(=O)NN(C)C)cc(OC)c1OC. The first-order valence-corrected chi connectivity index (χ1v) is 7.43. The number of sulfonamides is 1. The number of methoxy groups -OCH3 is 2. The molecule has 0 atom stereocenters. The molecule has 0 bridgehead atoms. The summed E-state index contributed by atoms with van der Waals surface area (Å²) in [5.74, 6) is 0.894. The Kier molecular flexibility index (Phi) is 5.75. The summed E-state index contributed by atoms with van der Waals surface area (Å²) in [5.41, 5.74) is 0.702. The molecule has 1 rings (SSSR count). The zero-order valence-electron chi connectivity index (χ0n) is 12.4. The fourth-order valence-corrected chi connectivity index (χ4v) is 2.93. The normalized spacial score (nSPS) is 11.7. The number of hydrogen-bond acceptors (Lipinski definition) is 6. The van der Waals surface area contributed by atoms with Crippen molar-refractivity contribution in [3.63, 3.8) is 0 Å². The maximum Gasteiger partial charge on any atom is 0.253 e. The topological polar surface area (TPSA) is 79.9 Å². The van der Waals surface area contributed by atoms with Crippen LogP contribution in [-0.4, -0.2) is 48.8 Å². The molecule has 0 spiro atoms. The van der Waals surface area contributed by atoms with Crippen LogP contribution in [0.25, 0.3) is 0 Å². The summed E-state index contributed by atoms with van der Waals surface area (Å²) in [6, 6.07) is 2.99. The lowest BCUT2D eigenvalue weighted by Gasteiger charge is -2.17. The van der Waals surface area contributed by atoms with E-state index in [1.54, 1.807) is 27.2 Å². The molecular weight excluding hydrogens is 282 g/mol. The second-order valence-electron chi connectivity index (χ2n) is 4.34. The molecule has 7 nitrogen and oxygen atoms in total. The number of hydrogen-bond donors (Lipinski definition) is 2. The van der Waals surface area contributed by atoms with Crippen LogP contribution < -0.4 is 19.6 Å². The lowest BCUT2D eigenvalue weighted by Crippen LogP contribution is -2.36. The summed E-state index contributed by atoms with van der Waals surface area (Å²) < 4.78 is 34.9. The molecule has 0 amide bonds. The Morgan fingerprint density at radius 1 is 1.20 bits per heavy atom. The van der Waals surface area contributed by atoms with Gasteiger partial charge in [-0.05, 0) is 13.1 Å². The lowest BCUT2D eigenvalue weighted by atomic mass is 10.2. The molecule has 114 valence electrons.